The van der Waals surface area contributed by atoms with Crippen LogP contribution >= 0.6 is 23.2 Å². The van der Waals surface area contributed by atoms with Crippen LogP contribution in [0.3, 0.4) is 0 Å². The van der Waals surface area contributed by atoms with E-state index >= 15 is 0 Å². The highest BCUT2D eigenvalue weighted by atomic mass is 35.5. The number of likely N-dealkylation sites (tertiary alicyclic amines) is 1. The standard InChI is InChI=1S/C13H12Cl2F3NO2/c14-10-3-1-2-7(11(10)15)4-19-5-8(12(20)21)9(6-19)13(16,17)18/h1-3,8-9H,4-6H2,(H,20,21)/t8-,9-/m1/s1. The predicted octanol–water partition coefficient (Wildman–Crippen LogP) is 3.69. The fourth-order valence-electron chi connectivity index (χ4n) is 2.51. The summed E-state index contributed by atoms with van der Waals surface area (Å²) in [6, 6.07) is 4.89. The summed E-state index contributed by atoms with van der Waals surface area (Å²) in [5.74, 6) is -4.76. The van der Waals surface area contributed by atoms with Crippen LogP contribution in [0, 0.1) is 11.8 Å². The Hall–Kier alpha value is -0.980. The van der Waals surface area contributed by atoms with Crippen molar-refractivity contribution in [1.29, 1.82) is 0 Å². The van der Waals surface area contributed by atoms with Gasteiger partial charge in [-0.1, -0.05) is 35.3 Å². The lowest BCUT2D eigenvalue weighted by Gasteiger charge is -2.18. The number of nitrogens with zero attached hydrogens (tertiary/aromatic N) is 1. The van der Waals surface area contributed by atoms with E-state index in [0.29, 0.717) is 10.6 Å². The summed E-state index contributed by atoms with van der Waals surface area (Å²) in [6.07, 6.45) is -4.53. The number of carbonyl (C=O) groups is 1. The molecule has 0 unspecified atom stereocenters. The second-order valence-corrected chi connectivity index (χ2v) is 5.79. The van der Waals surface area contributed by atoms with E-state index in [2.05, 4.69) is 0 Å². The maximum absolute atomic E-state index is 12.9. The van der Waals surface area contributed by atoms with E-state index in [0.717, 1.165) is 0 Å². The van der Waals surface area contributed by atoms with Crippen molar-refractivity contribution in [2.24, 2.45) is 11.8 Å². The number of carboxylic acid groups (broad SMARTS) is 1. The van der Waals surface area contributed by atoms with E-state index in [1.165, 1.54) is 4.90 Å². The van der Waals surface area contributed by atoms with Gasteiger partial charge >= 0.3 is 12.1 Å². The Morgan fingerprint density at radius 1 is 1.33 bits per heavy atom. The summed E-state index contributed by atoms with van der Waals surface area (Å²) in [4.78, 5) is 12.4. The molecule has 1 saturated heterocycles. The smallest absolute Gasteiger partial charge is 0.393 e. The molecule has 0 aliphatic carbocycles. The van der Waals surface area contributed by atoms with Crippen LogP contribution in [0.2, 0.25) is 10.0 Å². The SMILES string of the molecule is O=C(O)[C@@H]1CN(Cc2cccc(Cl)c2Cl)C[C@H]1C(F)(F)F. The van der Waals surface area contributed by atoms with Gasteiger partial charge in [-0.15, -0.1) is 0 Å². The average molecular weight is 342 g/mol. The molecule has 2 atom stereocenters. The summed E-state index contributed by atoms with van der Waals surface area (Å²) in [5, 5.41) is 9.55. The zero-order valence-corrected chi connectivity index (χ0v) is 12.2. The third kappa shape index (κ3) is 3.62. The molecule has 0 spiro atoms. The highest BCUT2D eigenvalue weighted by molar-refractivity contribution is 6.42. The minimum Gasteiger partial charge on any atom is -0.481 e. The molecule has 0 bridgehead atoms. The molecule has 1 aliphatic rings. The molecular formula is C13H12Cl2F3NO2. The van der Waals surface area contributed by atoms with Crippen LogP contribution in [0.25, 0.3) is 0 Å². The van der Waals surface area contributed by atoms with E-state index in [4.69, 9.17) is 28.3 Å². The number of rotatable bonds is 3. The highest BCUT2D eigenvalue weighted by Crippen LogP contribution is 2.38. The van der Waals surface area contributed by atoms with Crippen molar-refractivity contribution in [3.05, 3.63) is 33.8 Å². The second-order valence-electron chi connectivity index (χ2n) is 5.00. The van der Waals surface area contributed by atoms with Gasteiger partial charge < -0.3 is 5.11 Å². The molecule has 1 heterocycles. The Morgan fingerprint density at radius 3 is 2.52 bits per heavy atom. The van der Waals surface area contributed by atoms with Crippen molar-refractivity contribution in [3.63, 3.8) is 0 Å². The van der Waals surface area contributed by atoms with Crippen LogP contribution in [0.4, 0.5) is 13.2 Å². The molecule has 1 aromatic carbocycles. The van der Waals surface area contributed by atoms with Crippen LogP contribution in [-0.4, -0.2) is 35.2 Å². The molecule has 1 aliphatic heterocycles. The zero-order chi connectivity index (χ0) is 15.8. The third-order valence-corrected chi connectivity index (χ3v) is 4.42. The van der Waals surface area contributed by atoms with Crippen molar-refractivity contribution < 1.29 is 23.1 Å². The zero-order valence-electron chi connectivity index (χ0n) is 10.7. The van der Waals surface area contributed by atoms with E-state index in [9.17, 15) is 18.0 Å². The summed E-state index contributed by atoms with van der Waals surface area (Å²) in [5.41, 5.74) is 0.580. The monoisotopic (exact) mass is 341 g/mol. The first-order valence-corrected chi connectivity index (χ1v) is 6.90. The number of carboxylic acids is 1. The van der Waals surface area contributed by atoms with Crippen molar-refractivity contribution >= 4 is 29.2 Å². The summed E-state index contributed by atoms with van der Waals surface area (Å²) < 4.78 is 38.7. The first-order chi connectivity index (χ1) is 9.70. The van der Waals surface area contributed by atoms with Gasteiger partial charge in [0, 0.05) is 19.6 Å². The number of hydrogen-bond acceptors (Lipinski definition) is 2. The summed E-state index contributed by atoms with van der Waals surface area (Å²) in [7, 11) is 0. The number of halogens is 5. The molecule has 1 aromatic rings. The number of aliphatic carboxylic acids is 1. The van der Waals surface area contributed by atoms with Crippen LogP contribution in [0.1, 0.15) is 5.56 Å². The van der Waals surface area contributed by atoms with E-state index < -0.39 is 24.0 Å². The Bertz CT molecular complexity index is 551. The maximum atomic E-state index is 12.9. The van der Waals surface area contributed by atoms with E-state index in [-0.39, 0.29) is 24.7 Å². The van der Waals surface area contributed by atoms with E-state index in [1.807, 2.05) is 0 Å². The summed E-state index contributed by atoms with van der Waals surface area (Å²) >= 11 is 11.9. The molecule has 1 N–H and O–H groups in total. The van der Waals surface area contributed by atoms with Gasteiger partial charge in [0.1, 0.15) is 0 Å². The lowest BCUT2D eigenvalue weighted by molar-refractivity contribution is -0.188. The predicted molar refractivity (Wildman–Crippen MR) is 72.4 cm³/mol. The van der Waals surface area contributed by atoms with Crippen molar-refractivity contribution in [2.45, 2.75) is 12.7 Å². The topological polar surface area (TPSA) is 40.5 Å². The normalized spacial score (nSPS) is 23.5. The minimum absolute atomic E-state index is 0.135. The fourth-order valence-corrected chi connectivity index (χ4v) is 2.89. The summed E-state index contributed by atoms with van der Waals surface area (Å²) in [6.45, 7) is -0.387. The Morgan fingerprint density at radius 2 is 2.00 bits per heavy atom. The lowest BCUT2D eigenvalue weighted by Crippen LogP contribution is -2.33. The Kier molecular flexibility index (Phi) is 4.70. The van der Waals surface area contributed by atoms with Gasteiger partial charge in [-0.25, -0.2) is 0 Å². The van der Waals surface area contributed by atoms with Gasteiger partial charge in [0.2, 0.25) is 0 Å². The third-order valence-electron chi connectivity index (χ3n) is 3.56. The molecular weight excluding hydrogens is 330 g/mol. The first-order valence-electron chi connectivity index (χ1n) is 6.15. The van der Waals surface area contributed by atoms with Crippen molar-refractivity contribution in [2.75, 3.05) is 13.1 Å². The Labute approximate surface area is 129 Å². The Balaban J connectivity index is 2.16. The van der Waals surface area contributed by atoms with Crippen molar-refractivity contribution in [1.82, 2.24) is 4.90 Å². The average Bonchev–Trinajstić information content (AvgIpc) is 2.79. The van der Waals surface area contributed by atoms with Gasteiger partial charge in [-0.3, -0.25) is 9.69 Å². The van der Waals surface area contributed by atoms with Crippen LogP contribution in [-0.2, 0) is 11.3 Å². The van der Waals surface area contributed by atoms with Crippen LogP contribution < -0.4 is 0 Å². The van der Waals surface area contributed by atoms with Gasteiger partial charge in [0.05, 0.1) is 21.9 Å². The molecule has 3 nitrogen and oxygen atoms in total. The molecule has 21 heavy (non-hydrogen) atoms. The molecule has 116 valence electrons. The maximum Gasteiger partial charge on any atom is 0.393 e. The molecule has 8 heteroatoms. The molecule has 2 rings (SSSR count). The molecule has 0 saturated carbocycles. The molecule has 0 radical (unpaired) electrons. The minimum atomic E-state index is -4.53. The molecule has 0 amide bonds. The van der Waals surface area contributed by atoms with Crippen LogP contribution in [0.5, 0.6) is 0 Å². The fraction of sp³-hybridized carbons (Fsp3) is 0.462. The first kappa shape index (κ1) is 16.4. The van der Waals surface area contributed by atoms with Gasteiger partial charge in [-0.05, 0) is 11.6 Å². The largest absolute Gasteiger partial charge is 0.481 e. The number of benzene rings is 1. The van der Waals surface area contributed by atoms with Crippen molar-refractivity contribution in [3.8, 4) is 0 Å². The molecule has 1 fully saturated rings. The van der Waals surface area contributed by atoms with Crippen LogP contribution in [0.15, 0.2) is 18.2 Å². The molecule has 0 aromatic heterocycles. The van der Waals surface area contributed by atoms with Gasteiger partial charge in [0.25, 0.3) is 0 Å². The number of alkyl halides is 3. The van der Waals surface area contributed by atoms with Gasteiger partial charge in [-0.2, -0.15) is 13.2 Å². The quantitative estimate of drug-likeness (QED) is 0.911. The van der Waals surface area contributed by atoms with Gasteiger partial charge in [0.15, 0.2) is 0 Å². The lowest BCUT2D eigenvalue weighted by atomic mass is 9.96. The second kappa shape index (κ2) is 6.02. The van der Waals surface area contributed by atoms with E-state index in [1.54, 1.807) is 18.2 Å². The highest BCUT2D eigenvalue weighted by Gasteiger charge is 2.52. The number of hydrogen-bond donors (Lipinski definition) is 1.